The van der Waals surface area contributed by atoms with Crippen LogP contribution in [0.5, 0.6) is 0 Å². The molecule has 1 atom stereocenters. The van der Waals surface area contributed by atoms with Crippen LogP contribution in [0.4, 0.5) is 5.69 Å². The van der Waals surface area contributed by atoms with Crippen molar-refractivity contribution in [1.29, 1.82) is 0 Å². The highest BCUT2D eigenvalue weighted by Crippen LogP contribution is 2.32. The van der Waals surface area contributed by atoms with Crippen molar-refractivity contribution in [1.82, 2.24) is 4.90 Å². The summed E-state index contributed by atoms with van der Waals surface area (Å²) in [5, 5.41) is 14.1. The lowest BCUT2D eigenvalue weighted by Gasteiger charge is -2.20. The highest BCUT2D eigenvalue weighted by atomic mass is 35.5. The summed E-state index contributed by atoms with van der Waals surface area (Å²) in [6, 6.07) is 8.10. The first-order valence-electron chi connectivity index (χ1n) is 7.97. The average molecular weight is 393 g/mol. The van der Waals surface area contributed by atoms with Crippen LogP contribution in [-0.4, -0.2) is 40.9 Å². The number of nitrogens with zero attached hydrogens (tertiary/aromatic N) is 1. The molecule has 1 aliphatic heterocycles. The van der Waals surface area contributed by atoms with Gasteiger partial charge in [0.05, 0.1) is 21.0 Å². The van der Waals surface area contributed by atoms with E-state index < -0.39 is 11.4 Å². The van der Waals surface area contributed by atoms with Crippen molar-refractivity contribution in [3.05, 3.63) is 51.2 Å². The van der Waals surface area contributed by atoms with Gasteiger partial charge in [-0.25, -0.2) is 0 Å². The van der Waals surface area contributed by atoms with Gasteiger partial charge in [0, 0.05) is 18.7 Å². The number of carbonyl (C=O) groups is 3. The second-order valence-electron chi connectivity index (χ2n) is 6.47. The number of carboxylic acids is 1. The normalized spacial score (nSPS) is 19.4. The summed E-state index contributed by atoms with van der Waals surface area (Å²) in [7, 11) is 0. The molecular formula is C18H17ClN2O4S. The van der Waals surface area contributed by atoms with Crippen LogP contribution in [0.15, 0.2) is 35.7 Å². The van der Waals surface area contributed by atoms with E-state index in [1.165, 1.54) is 22.3 Å². The van der Waals surface area contributed by atoms with Gasteiger partial charge in [-0.3, -0.25) is 14.4 Å². The number of anilines is 1. The summed E-state index contributed by atoms with van der Waals surface area (Å²) in [5.74, 6) is -1.49. The Labute approximate surface area is 159 Å². The molecule has 0 radical (unpaired) electrons. The first-order valence-corrected chi connectivity index (χ1v) is 9.23. The zero-order valence-electron chi connectivity index (χ0n) is 14.0. The quantitative estimate of drug-likeness (QED) is 0.832. The Morgan fingerprint density at radius 2 is 2.08 bits per heavy atom. The van der Waals surface area contributed by atoms with Crippen LogP contribution in [0.25, 0.3) is 0 Å². The molecule has 136 valence electrons. The molecule has 0 aliphatic carbocycles. The van der Waals surface area contributed by atoms with Gasteiger partial charge < -0.3 is 15.3 Å². The van der Waals surface area contributed by atoms with Crippen LogP contribution in [0.3, 0.4) is 0 Å². The molecule has 1 fully saturated rings. The summed E-state index contributed by atoms with van der Waals surface area (Å²) >= 11 is 7.44. The maximum atomic E-state index is 12.7. The lowest BCUT2D eigenvalue weighted by Crippen LogP contribution is -2.34. The van der Waals surface area contributed by atoms with E-state index in [2.05, 4.69) is 5.32 Å². The number of carboxylic acid groups (broad SMARTS) is 1. The number of aliphatic carboxylic acids is 1. The van der Waals surface area contributed by atoms with E-state index in [0.717, 1.165) is 0 Å². The number of amides is 2. The minimum Gasteiger partial charge on any atom is -0.481 e. The first kappa shape index (κ1) is 18.4. The molecule has 1 aliphatic rings. The second kappa shape index (κ2) is 7.09. The summed E-state index contributed by atoms with van der Waals surface area (Å²) in [5.41, 5.74) is -0.236. The third kappa shape index (κ3) is 3.59. The average Bonchev–Trinajstić information content (AvgIpc) is 3.26. The van der Waals surface area contributed by atoms with Crippen molar-refractivity contribution in [2.45, 2.75) is 13.3 Å². The van der Waals surface area contributed by atoms with E-state index in [1.54, 1.807) is 36.6 Å². The molecule has 0 bridgehead atoms. The minimum absolute atomic E-state index is 0.153. The molecule has 8 heteroatoms. The number of nitrogens with one attached hydrogen (secondary N) is 1. The van der Waals surface area contributed by atoms with Crippen LogP contribution in [0.2, 0.25) is 5.02 Å². The molecule has 2 aromatic rings. The molecule has 2 heterocycles. The zero-order valence-corrected chi connectivity index (χ0v) is 15.6. The SMILES string of the molecule is CC1(C(=O)O)CCN(C(=O)c2ccc(Cl)c(NC(=O)c3cccs3)c2)C1. The number of likely N-dealkylation sites (tertiary alicyclic amines) is 1. The van der Waals surface area contributed by atoms with Crippen molar-refractivity contribution in [2.24, 2.45) is 5.41 Å². The molecular weight excluding hydrogens is 376 g/mol. The third-order valence-corrected chi connectivity index (χ3v) is 5.68. The van der Waals surface area contributed by atoms with Crippen molar-refractivity contribution < 1.29 is 19.5 Å². The van der Waals surface area contributed by atoms with Gasteiger partial charge in [0.25, 0.3) is 11.8 Å². The Morgan fingerprint density at radius 1 is 1.31 bits per heavy atom. The monoisotopic (exact) mass is 392 g/mol. The Kier molecular flexibility index (Phi) is 5.02. The molecule has 1 aromatic carbocycles. The maximum Gasteiger partial charge on any atom is 0.311 e. The fraction of sp³-hybridized carbons (Fsp3) is 0.278. The van der Waals surface area contributed by atoms with Gasteiger partial charge in [0.2, 0.25) is 0 Å². The third-order valence-electron chi connectivity index (χ3n) is 4.48. The lowest BCUT2D eigenvalue weighted by atomic mass is 9.90. The number of carbonyl (C=O) groups excluding carboxylic acids is 2. The van der Waals surface area contributed by atoms with Crippen LogP contribution in [0, 0.1) is 5.41 Å². The van der Waals surface area contributed by atoms with Gasteiger partial charge in [0.15, 0.2) is 0 Å². The Hall–Kier alpha value is -2.38. The number of halogens is 1. The van der Waals surface area contributed by atoms with E-state index >= 15 is 0 Å². The van der Waals surface area contributed by atoms with Gasteiger partial charge in [-0.2, -0.15) is 0 Å². The number of benzene rings is 1. The van der Waals surface area contributed by atoms with Crippen molar-refractivity contribution >= 4 is 46.4 Å². The number of thiophene rings is 1. The maximum absolute atomic E-state index is 12.7. The standard InChI is InChI=1S/C18H17ClN2O4S/c1-18(17(24)25)6-7-21(10-18)16(23)11-4-5-12(19)13(9-11)20-15(22)14-3-2-8-26-14/h2-5,8-9H,6-7,10H2,1H3,(H,20,22)(H,24,25). The van der Waals surface area contributed by atoms with Crippen LogP contribution in [0.1, 0.15) is 33.4 Å². The summed E-state index contributed by atoms with van der Waals surface area (Å²) < 4.78 is 0. The van der Waals surface area contributed by atoms with E-state index in [0.29, 0.717) is 34.1 Å². The van der Waals surface area contributed by atoms with E-state index in [9.17, 15) is 19.5 Å². The highest BCUT2D eigenvalue weighted by Gasteiger charge is 2.42. The fourth-order valence-electron chi connectivity index (χ4n) is 2.84. The number of rotatable bonds is 4. The summed E-state index contributed by atoms with van der Waals surface area (Å²) in [6.45, 7) is 2.17. The Bertz CT molecular complexity index is 868. The highest BCUT2D eigenvalue weighted by molar-refractivity contribution is 7.12. The smallest absolute Gasteiger partial charge is 0.311 e. The molecule has 0 saturated carbocycles. The van der Waals surface area contributed by atoms with Crippen molar-refractivity contribution in [2.75, 3.05) is 18.4 Å². The van der Waals surface area contributed by atoms with E-state index in [-0.39, 0.29) is 18.4 Å². The fourth-order valence-corrected chi connectivity index (χ4v) is 3.62. The first-order chi connectivity index (χ1) is 12.3. The zero-order chi connectivity index (χ0) is 18.9. The molecule has 1 unspecified atom stereocenters. The van der Waals surface area contributed by atoms with Crippen LogP contribution >= 0.6 is 22.9 Å². The summed E-state index contributed by atoms with van der Waals surface area (Å²) in [6.07, 6.45) is 0.406. The number of hydrogen-bond acceptors (Lipinski definition) is 4. The van der Waals surface area contributed by atoms with Gasteiger partial charge in [-0.1, -0.05) is 17.7 Å². The van der Waals surface area contributed by atoms with Crippen molar-refractivity contribution in [3.8, 4) is 0 Å². The molecule has 3 rings (SSSR count). The molecule has 2 amide bonds. The Balaban J connectivity index is 1.78. The van der Waals surface area contributed by atoms with Gasteiger partial charge in [-0.15, -0.1) is 11.3 Å². The summed E-state index contributed by atoms with van der Waals surface area (Å²) in [4.78, 5) is 38.3. The van der Waals surface area contributed by atoms with E-state index in [4.69, 9.17) is 11.6 Å². The molecule has 1 aromatic heterocycles. The van der Waals surface area contributed by atoms with E-state index in [1.807, 2.05) is 0 Å². The molecule has 0 spiro atoms. The lowest BCUT2D eigenvalue weighted by molar-refractivity contribution is -0.147. The van der Waals surface area contributed by atoms with Gasteiger partial charge in [-0.05, 0) is 43.0 Å². The topological polar surface area (TPSA) is 86.7 Å². The molecule has 1 saturated heterocycles. The molecule has 26 heavy (non-hydrogen) atoms. The molecule has 6 nitrogen and oxygen atoms in total. The second-order valence-corrected chi connectivity index (χ2v) is 7.82. The molecule has 2 N–H and O–H groups in total. The van der Waals surface area contributed by atoms with Gasteiger partial charge >= 0.3 is 5.97 Å². The minimum atomic E-state index is -0.932. The predicted molar refractivity (Wildman–Crippen MR) is 100.0 cm³/mol. The van der Waals surface area contributed by atoms with Crippen LogP contribution < -0.4 is 5.32 Å². The Morgan fingerprint density at radius 3 is 2.69 bits per heavy atom. The largest absolute Gasteiger partial charge is 0.481 e. The van der Waals surface area contributed by atoms with Crippen LogP contribution in [-0.2, 0) is 4.79 Å². The number of hydrogen-bond donors (Lipinski definition) is 2. The van der Waals surface area contributed by atoms with Crippen molar-refractivity contribution in [3.63, 3.8) is 0 Å². The predicted octanol–water partition coefficient (Wildman–Crippen LogP) is 3.59. The van der Waals surface area contributed by atoms with Gasteiger partial charge in [0.1, 0.15) is 0 Å².